The molecule has 1 aliphatic rings. The van der Waals surface area contributed by atoms with E-state index in [-0.39, 0.29) is 34.1 Å². The number of hydrogen-bond donors (Lipinski definition) is 1. The highest BCUT2D eigenvalue weighted by Crippen LogP contribution is 2.32. The molecule has 0 spiro atoms. The number of carbonyl (C=O) groups is 2. The molecule has 1 atom stereocenters. The maximum Gasteiger partial charge on any atom is 0.264 e. The van der Waals surface area contributed by atoms with Crippen LogP contribution in [0.2, 0.25) is 15.1 Å². The van der Waals surface area contributed by atoms with Crippen LogP contribution >= 0.6 is 34.8 Å². The van der Waals surface area contributed by atoms with Crippen molar-refractivity contribution in [3.8, 4) is 5.75 Å². The summed E-state index contributed by atoms with van der Waals surface area (Å²) in [5, 5.41) is 3.95. The lowest BCUT2D eigenvalue weighted by atomic mass is 10.1. The molecule has 1 saturated carbocycles. The Hall–Kier alpha value is -2.98. The van der Waals surface area contributed by atoms with Gasteiger partial charge in [0.25, 0.3) is 10.0 Å². The van der Waals surface area contributed by atoms with Crippen LogP contribution in [-0.4, -0.2) is 50.9 Å². The predicted molar refractivity (Wildman–Crippen MR) is 171 cm³/mol. The zero-order valence-electron chi connectivity index (χ0n) is 24.1. The van der Waals surface area contributed by atoms with E-state index in [1.54, 1.807) is 37.3 Å². The van der Waals surface area contributed by atoms with E-state index in [2.05, 4.69) is 5.32 Å². The summed E-state index contributed by atoms with van der Waals surface area (Å²) in [6.07, 6.45) is 3.80. The summed E-state index contributed by atoms with van der Waals surface area (Å²) in [7, 11) is -2.80. The molecule has 3 aromatic carbocycles. The number of halogens is 3. The molecular weight excluding hydrogens is 633 g/mol. The lowest BCUT2D eigenvalue weighted by molar-refractivity contribution is -0.139. The van der Waals surface area contributed by atoms with Crippen molar-refractivity contribution >= 4 is 62.3 Å². The number of aryl methyl sites for hydroxylation is 1. The van der Waals surface area contributed by atoms with Crippen molar-refractivity contribution in [3.05, 3.63) is 86.9 Å². The van der Waals surface area contributed by atoms with Crippen molar-refractivity contribution < 1.29 is 22.7 Å². The summed E-state index contributed by atoms with van der Waals surface area (Å²) in [4.78, 5) is 28.9. The molecule has 8 nitrogen and oxygen atoms in total. The second kappa shape index (κ2) is 14.2. The zero-order chi connectivity index (χ0) is 31.3. The fourth-order valence-corrected chi connectivity index (χ4v) is 7.11. The van der Waals surface area contributed by atoms with E-state index in [4.69, 9.17) is 39.5 Å². The molecule has 0 heterocycles. The standard InChI is InChI=1S/C31H34Cl3N3O5S/c1-20-8-13-26(14-9-20)43(40,41)37(25-12-15-29(42-3)28(34)17-25)19-30(38)36(18-22-10-11-23(32)16-27(22)33)21(2)31(39)35-24-6-4-5-7-24/h8-17,21,24H,4-7,18-19H2,1-3H3,(H,35,39)/t21-/m0/s1. The van der Waals surface area contributed by atoms with Crippen LogP contribution in [0.4, 0.5) is 5.69 Å². The average molecular weight is 667 g/mol. The van der Waals surface area contributed by atoms with Gasteiger partial charge >= 0.3 is 0 Å². The number of amides is 2. The lowest BCUT2D eigenvalue weighted by Gasteiger charge is -2.32. The van der Waals surface area contributed by atoms with E-state index >= 15 is 0 Å². The summed E-state index contributed by atoms with van der Waals surface area (Å²) in [6.45, 7) is 2.81. The van der Waals surface area contributed by atoms with Crippen LogP contribution in [-0.2, 0) is 26.2 Å². The molecular formula is C31H34Cl3N3O5S. The first-order chi connectivity index (χ1) is 20.4. The molecule has 1 fully saturated rings. The Labute approximate surface area is 267 Å². The molecule has 4 rings (SSSR count). The number of rotatable bonds is 11. The third-order valence-electron chi connectivity index (χ3n) is 7.54. The Morgan fingerprint density at radius 2 is 1.65 bits per heavy atom. The van der Waals surface area contributed by atoms with Gasteiger partial charge in [0.05, 0.1) is 22.7 Å². The highest BCUT2D eigenvalue weighted by Gasteiger charge is 2.34. The van der Waals surface area contributed by atoms with Crippen molar-refractivity contribution in [2.75, 3.05) is 18.0 Å². The number of methoxy groups -OCH3 is 1. The topological polar surface area (TPSA) is 96.0 Å². The Kier molecular flexibility index (Phi) is 10.9. The highest BCUT2D eigenvalue weighted by atomic mass is 35.5. The first-order valence-corrected chi connectivity index (χ1v) is 16.4. The lowest BCUT2D eigenvalue weighted by Crippen LogP contribution is -2.52. The number of carbonyl (C=O) groups excluding carboxylic acids is 2. The number of benzene rings is 3. The molecule has 0 unspecified atom stereocenters. The van der Waals surface area contributed by atoms with Crippen molar-refractivity contribution in [1.82, 2.24) is 10.2 Å². The van der Waals surface area contributed by atoms with Gasteiger partial charge in [-0.15, -0.1) is 0 Å². The molecule has 2 amide bonds. The minimum Gasteiger partial charge on any atom is -0.495 e. The Morgan fingerprint density at radius 3 is 2.26 bits per heavy atom. The predicted octanol–water partition coefficient (Wildman–Crippen LogP) is 6.64. The zero-order valence-corrected chi connectivity index (χ0v) is 27.2. The van der Waals surface area contributed by atoms with Gasteiger partial charge in [-0.25, -0.2) is 8.42 Å². The molecule has 0 saturated heterocycles. The summed E-state index contributed by atoms with van der Waals surface area (Å²) in [5.74, 6) is -0.589. The van der Waals surface area contributed by atoms with Crippen molar-refractivity contribution in [1.29, 1.82) is 0 Å². The number of nitrogens with one attached hydrogen (secondary N) is 1. The number of hydrogen-bond acceptors (Lipinski definition) is 5. The van der Waals surface area contributed by atoms with Crippen molar-refractivity contribution in [2.24, 2.45) is 0 Å². The minimum atomic E-state index is -4.24. The van der Waals surface area contributed by atoms with Crippen LogP contribution in [0.1, 0.15) is 43.7 Å². The molecule has 230 valence electrons. The number of anilines is 1. The van der Waals surface area contributed by atoms with E-state index in [0.717, 1.165) is 35.6 Å². The SMILES string of the molecule is COc1ccc(N(CC(=O)N(Cc2ccc(Cl)cc2Cl)[C@@H](C)C(=O)NC2CCCC2)S(=O)(=O)c2ccc(C)cc2)cc1Cl. The summed E-state index contributed by atoms with van der Waals surface area (Å²) < 4.78 is 34.3. The highest BCUT2D eigenvalue weighted by molar-refractivity contribution is 7.92. The van der Waals surface area contributed by atoms with Gasteiger partial charge in [0.2, 0.25) is 11.8 Å². The molecule has 43 heavy (non-hydrogen) atoms. The molecule has 1 N–H and O–H groups in total. The normalized spacial score (nSPS) is 14.3. The molecule has 0 bridgehead atoms. The quantitative estimate of drug-likeness (QED) is 0.248. The maximum atomic E-state index is 14.1. The summed E-state index contributed by atoms with van der Waals surface area (Å²) in [6, 6.07) is 14.8. The molecule has 0 aliphatic heterocycles. The summed E-state index contributed by atoms with van der Waals surface area (Å²) >= 11 is 18.9. The van der Waals surface area contributed by atoms with Gasteiger partial charge in [0, 0.05) is 22.6 Å². The van der Waals surface area contributed by atoms with E-state index in [0.29, 0.717) is 21.4 Å². The Morgan fingerprint density at radius 1 is 0.977 bits per heavy atom. The average Bonchev–Trinajstić information content (AvgIpc) is 3.48. The minimum absolute atomic E-state index is 0.00263. The van der Waals surface area contributed by atoms with E-state index in [1.807, 2.05) is 6.92 Å². The molecule has 3 aromatic rings. The van der Waals surface area contributed by atoms with E-state index in [9.17, 15) is 18.0 Å². The van der Waals surface area contributed by atoms with Crippen LogP contribution in [0.5, 0.6) is 5.75 Å². The second-order valence-corrected chi connectivity index (χ2v) is 13.7. The van der Waals surface area contributed by atoms with Crippen LogP contribution in [0.3, 0.4) is 0 Å². The van der Waals surface area contributed by atoms with Gasteiger partial charge in [0.1, 0.15) is 18.3 Å². The van der Waals surface area contributed by atoms with E-state index < -0.39 is 28.5 Å². The van der Waals surface area contributed by atoms with Gasteiger partial charge < -0.3 is 15.0 Å². The molecule has 1 aliphatic carbocycles. The van der Waals surface area contributed by atoms with Gasteiger partial charge in [-0.1, -0.05) is 71.4 Å². The smallest absolute Gasteiger partial charge is 0.264 e. The first kappa shape index (κ1) is 32.9. The third-order valence-corrected chi connectivity index (χ3v) is 10.2. The summed E-state index contributed by atoms with van der Waals surface area (Å²) in [5.41, 5.74) is 1.59. The second-order valence-electron chi connectivity index (χ2n) is 10.6. The van der Waals surface area contributed by atoms with Crippen LogP contribution < -0.4 is 14.4 Å². The Balaban J connectivity index is 1.73. The monoisotopic (exact) mass is 665 g/mol. The molecule has 12 heteroatoms. The number of sulfonamides is 1. The number of nitrogens with zero attached hydrogens (tertiary/aromatic N) is 2. The molecule has 0 radical (unpaired) electrons. The maximum absolute atomic E-state index is 14.1. The van der Waals surface area contributed by atoms with Gasteiger partial charge in [-0.2, -0.15) is 0 Å². The van der Waals surface area contributed by atoms with Gasteiger partial charge in [-0.3, -0.25) is 13.9 Å². The van der Waals surface area contributed by atoms with Crippen LogP contribution in [0, 0.1) is 6.92 Å². The fraction of sp³-hybridized carbons (Fsp3) is 0.355. The number of ether oxygens (including phenoxy) is 1. The third kappa shape index (κ3) is 7.95. The first-order valence-electron chi connectivity index (χ1n) is 13.9. The Bertz CT molecular complexity index is 1580. The fourth-order valence-electron chi connectivity index (χ4n) is 4.98. The van der Waals surface area contributed by atoms with Crippen molar-refractivity contribution in [2.45, 2.75) is 63.1 Å². The van der Waals surface area contributed by atoms with Gasteiger partial charge in [-0.05, 0) is 74.7 Å². The molecule has 0 aromatic heterocycles. The largest absolute Gasteiger partial charge is 0.495 e. The van der Waals surface area contributed by atoms with E-state index in [1.165, 1.54) is 42.3 Å². The van der Waals surface area contributed by atoms with Crippen LogP contribution in [0.15, 0.2) is 65.6 Å². The van der Waals surface area contributed by atoms with Crippen LogP contribution in [0.25, 0.3) is 0 Å². The van der Waals surface area contributed by atoms with Crippen molar-refractivity contribution in [3.63, 3.8) is 0 Å². The van der Waals surface area contributed by atoms with Gasteiger partial charge in [0.15, 0.2) is 0 Å².